The summed E-state index contributed by atoms with van der Waals surface area (Å²) in [5.74, 6) is 0.754. The molecule has 6 rings (SSSR count). The number of fused-ring (bicyclic) bond motifs is 2. The Labute approximate surface area is 183 Å². The van der Waals surface area contributed by atoms with Crippen molar-refractivity contribution in [3.63, 3.8) is 0 Å². The largest absolute Gasteiger partial charge is 0.392 e. The molecule has 0 spiro atoms. The first-order valence-corrected chi connectivity index (χ1v) is 10.9. The standard InChI is InChI=1S/C22H25N7O3/c1-23-19-7-17(15-9-28(12-10-32-11-12)20-13(15)3-2-6-24-20)26-21-14(8-25-29(19)21)22(31)27-16-4-5-18(16)30/h2-3,6-9,12,16,18,22-23,27,30-31H,4-5,10-11H2,1H3/t16-,18+,22?/m0/s1. The van der Waals surface area contributed by atoms with E-state index in [2.05, 4.69) is 31.5 Å². The van der Waals surface area contributed by atoms with E-state index in [0.717, 1.165) is 41.0 Å². The third-order valence-electron chi connectivity index (χ3n) is 6.54. The van der Waals surface area contributed by atoms with E-state index in [1.165, 1.54) is 0 Å². The molecule has 1 aliphatic carbocycles. The van der Waals surface area contributed by atoms with Gasteiger partial charge in [0.25, 0.3) is 0 Å². The average molecular weight is 435 g/mol. The molecule has 2 fully saturated rings. The second kappa shape index (κ2) is 7.52. The zero-order chi connectivity index (χ0) is 21.8. The molecule has 0 aromatic carbocycles. The highest BCUT2D eigenvalue weighted by Crippen LogP contribution is 2.34. The number of nitrogens with zero attached hydrogens (tertiary/aromatic N) is 5. The first-order valence-electron chi connectivity index (χ1n) is 10.9. The second-order valence-corrected chi connectivity index (χ2v) is 8.45. The Kier molecular flexibility index (Phi) is 4.61. The molecule has 3 atom stereocenters. The predicted molar refractivity (Wildman–Crippen MR) is 118 cm³/mol. The van der Waals surface area contributed by atoms with Crippen LogP contribution in [-0.4, -0.2) is 66.8 Å². The minimum atomic E-state index is -0.977. The molecule has 4 N–H and O–H groups in total. The van der Waals surface area contributed by atoms with Gasteiger partial charge in [-0.3, -0.25) is 5.32 Å². The molecular formula is C22H25N7O3. The van der Waals surface area contributed by atoms with Gasteiger partial charge < -0.3 is 24.8 Å². The quantitative estimate of drug-likeness (QED) is 0.336. The maximum absolute atomic E-state index is 10.8. The number of rotatable bonds is 6. The molecule has 4 aromatic heterocycles. The first-order chi connectivity index (χ1) is 15.6. The van der Waals surface area contributed by atoms with Crippen molar-refractivity contribution < 1.29 is 14.9 Å². The van der Waals surface area contributed by atoms with E-state index in [0.29, 0.717) is 24.4 Å². The number of pyridine rings is 1. The van der Waals surface area contributed by atoms with E-state index in [1.54, 1.807) is 16.9 Å². The fourth-order valence-electron chi connectivity index (χ4n) is 4.41. The van der Waals surface area contributed by atoms with Crippen molar-refractivity contribution in [3.8, 4) is 11.3 Å². The second-order valence-electron chi connectivity index (χ2n) is 8.45. The molecule has 32 heavy (non-hydrogen) atoms. The Morgan fingerprint density at radius 2 is 2.12 bits per heavy atom. The summed E-state index contributed by atoms with van der Waals surface area (Å²) in [6, 6.07) is 6.06. The minimum Gasteiger partial charge on any atom is -0.392 e. The van der Waals surface area contributed by atoms with Crippen LogP contribution in [0.4, 0.5) is 5.82 Å². The SMILES string of the molecule is CNc1cc(-c2cn(C3COC3)c3ncccc23)nc2c(C(O)N[C@H]3CC[C@H]3O)cnn12. The van der Waals surface area contributed by atoms with Crippen molar-refractivity contribution in [2.24, 2.45) is 0 Å². The molecule has 166 valence electrons. The van der Waals surface area contributed by atoms with Crippen LogP contribution in [0.5, 0.6) is 0 Å². The van der Waals surface area contributed by atoms with Crippen molar-refractivity contribution in [2.45, 2.75) is 37.3 Å². The van der Waals surface area contributed by atoms with Gasteiger partial charge in [0.15, 0.2) is 5.65 Å². The van der Waals surface area contributed by atoms with Gasteiger partial charge in [0.05, 0.1) is 42.8 Å². The van der Waals surface area contributed by atoms with Crippen molar-refractivity contribution in [1.29, 1.82) is 0 Å². The summed E-state index contributed by atoms with van der Waals surface area (Å²) < 4.78 is 9.23. The highest BCUT2D eigenvalue weighted by molar-refractivity contribution is 5.94. The maximum Gasteiger partial charge on any atom is 0.165 e. The van der Waals surface area contributed by atoms with Crippen LogP contribution in [0.3, 0.4) is 0 Å². The fourth-order valence-corrected chi connectivity index (χ4v) is 4.41. The van der Waals surface area contributed by atoms with Gasteiger partial charge in [-0.15, -0.1) is 0 Å². The lowest BCUT2D eigenvalue weighted by Gasteiger charge is -2.34. The lowest BCUT2D eigenvalue weighted by molar-refractivity contribution is -0.0215. The molecule has 10 nitrogen and oxygen atoms in total. The summed E-state index contributed by atoms with van der Waals surface area (Å²) in [7, 11) is 1.83. The molecule has 5 heterocycles. The molecular weight excluding hydrogens is 410 g/mol. The van der Waals surface area contributed by atoms with Gasteiger partial charge in [-0.1, -0.05) is 0 Å². The van der Waals surface area contributed by atoms with Gasteiger partial charge in [-0.25, -0.2) is 9.97 Å². The third-order valence-corrected chi connectivity index (χ3v) is 6.54. The van der Waals surface area contributed by atoms with Gasteiger partial charge in [0.1, 0.15) is 17.7 Å². The molecule has 1 saturated heterocycles. The summed E-state index contributed by atoms with van der Waals surface area (Å²) in [6.07, 6.45) is 5.66. The van der Waals surface area contributed by atoms with Gasteiger partial charge >= 0.3 is 0 Å². The monoisotopic (exact) mass is 435 g/mol. The molecule has 1 saturated carbocycles. The average Bonchev–Trinajstić information content (AvgIpc) is 3.37. The van der Waals surface area contributed by atoms with Crippen molar-refractivity contribution in [2.75, 3.05) is 25.6 Å². The lowest BCUT2D eigenvalue weighted by atomic mass is 9.89. The summed E-state index contributed by atoms with van der Waals surface area (Å²) in [5, 5.41) is 32.4. The Balaban J connectivity index is 1.47. The van der Waals surface area contributed by atoms with E-state index in [9.17, 15) is 10.2 Å². The fraction of sp³-hybridized carbons (Fsp3) is 0.409. The summed E-state index contributed by atoms with van der Waals surface area (Å²) >= 11 is 0. The summed E-state index contributed by atoms with van der Waals surface area (Å²) in [6.45, 7) is 1.34. The third kappa shape index (κ3) is 2.99. The Hall–Kier alpha value is -3.05. The molecule has 0 amide bonds. The Morgan fingerprint density at radius 3 is 2.81 bits per heavy atom. The lowest BCUT2D eigenvalue weighted by Crippen LogP contribution is -2.49. The minimum absolute atomic E-state index is 0.124. The normalized spacial score (nSPS) is 22.1. The zero-order valence-corrected chi connectivity index (χ0v) is 17.6. The van der Waals surface area contributed by atoms with E-state index in [1.807, 2.05) is 25.2 Å². The highest BCUT2D eigenvalue weighted by atomic mass is 16.5. The summed E-state index contributed by atoms with van der Waals surface area (Å²) in [5.41, 5.74) is 3.74. The van der Waals surface area contributed by atoms with Crippen LogP contribution in [0.2, 0.25) is 0 Å². The number of ether oxygens (including phenoxy) is 1. The van der Waals surface area contributed by atoms with E-state index >= 15 is 0 Å². The van der Waals surface area contributed by atoms with E-state index in [-0.39, 0.29) is 12.1 Å². The molecule has 4 aromatic rings. The van der Waals surface area contributed by atoms with Crippen molar-refractivity contribution >= 4 is 22.5 Å². The van der Waals surface area contributed by atoms with Crippen LogP contribution in [0.1, 0.15) is 30.7 Å². The van der Waals surface area contributed by atoms with Gasteiger partial charge in [0.2, 0.25) is 0 Å². The number of aliphatic hydroxyl groups excluding tert-OH is 2. The van der Waals surface area contributed by atoms with E-state index < -0.39 is 12.3 Å². The summed E-state index contributed by atoms with van der Waals surface area (Å²) in [4.78, 5) is 9.50. The van der Waals surface area contributed by atoms with Crippen LogP contribution < -0.4 is 10.6 Å². The van der Waals surface area contributed by atoms with E-state index in [4.69, 9.17) is 9.72 Å². The number of aliphatic hydroxyl groups is 2. The topological polar surface area (TPSA) is 122 Å². The van der Waals surface area contributed by atoms with Crippen LogP contribution in [0.25, 0.3) is 27.9 Å². The van der Waals surface area contributed by atoms with Crippen molar-refractivity contribution in [3.05, 3.63) is 42.4 Å². The Bertz CT molecular complexity index is 1300. The maximum atomic E-state index is 10.8. The molecule has 1 unspecified atom stereocenters. The highest BCUT2D eigenvalue weighted by Gasteiger charge is 2.31. The Morgan fingerprint density at radius 1 is 1.25 bits per heavy atom. The van der Waals surface area contributed by atoms with Crippen molar-refractivity contribution in [1.82, 2.24) is 29.5 Å². The zero-order valence-electron chi connectivity index (χ0n) is 17.6. The number of anilines is 1. The van der Waals surface area contributed by atoms with Gasteiger partial charge in [0, 0.05) is 42.5 Å². The number of hydrogen-bond acceptors (Lipinski definition) is 8. The van der Waals surface area contributed by atoms with Crippen LogP contribution in [0, 0.1) is 0 Å². The molecule has 2 aliphatic rings. The first kappa shape index (κ1) is 19.6. The van der Waals surface area contributed by atoms with Crippen LogP contribution in [-0.2, 0) is 4.74 Å². The molecule has 1 aliphatic heterocycles. The molecule has 0 bridgehead atoms. The van der Waals surface area contributed by atoms with Gasteiger partial charge in [-0.05, 0) is 25.0 Å². The molecule has 0 radical (unpaired) electrons. The smallest absolute Gasteiger partial charge is 0.165 e. The van der Waals surface area contributed by atoms with Crippen LogP contribution >= 0.6 is 0 Å². The van der Waals surface area contributed by atoms with Gasteiger partial charge in [-0.2, -0.15) is 9.61 Å². The number of aromatic nitrogens is 5. The molecule has 10 heteroatoms. The van der Waals surface area contributed by atoms with Crippen LogP contribution in [0.15, 0.2) is 36.8 Å². The number of nitrogens with one attached hydrogen (secondary N) is 2. The number of hydrogen-bond donors (Lipinski definition) is 4. The predicted octanol–water partition coefficient (Wildman–Crippen LogP) is 1.46.